The number of thiophene rings is 1. The Labute approximate surface area is 299 Å². The molecule has 0 saturated heterocycles. The SMILES string of the molecule is C1=CC(n2c3ccccc3c3cc(-c4ccc5c(c4)c4ccccc4n5-c4ccc(-c5ccc6sc7ccccc7c6c5)cc4)ccc32)=CCC1. The molecule has 1 aliphatic rings. The van der Waals surface area contributed by atoms with Crippen molar-refractivity contribution in [1.29, 1.82) is 0 Å². The van der Waals surface area contributed by atoms with Gasteiger partial charge in [-0.2, -0.15) is 0 Å². The monoisotopic (exact) mass is 668 g/mol. The Morgan fingerprint density at radius 1 is 0.392 bits per heavy atom. The maximum absolute atomic E-state index is 2.43. The summed E-state index contributed by atoms with van der Waals surface area (Å²) in [6.45, 7) is 0. The first-order valence-corrected chi connectivity index (χ1v) is 18.6. The number of hydrogen-bond donors (Lipinski definition) is 0. The van der Waals surface area contributed by atoms with Crippen molar-refractivity contribution < 1.29 is 0 Å². The lowest BCUT2D eigenvalue weighted by Crippen LogP contribution is -1.96. The molecule has 0 fully saturated rings. The van der Waals surface area contributed by atoms with E-state index in [4.69, 9.17) is 0 Å². The summed E-state index contributed by atoms with van der Waals surface area (Å²) in [6, 6.07) is 56.2. The van der Waals surface area contributed by atoms with Crippen molar-refractivity contribution in [3.63, 3.8) is 0 Å². The second-order valence-electron chi connectivity index (χ2n) is 13.6. The number of benzene rings is 7. The Morgan fingerprint density at radius 2 is 0.922 bits per heavy atom. The molecule has 0 radical (unpaired) electrons. The lowest BCUT2D eigenvalue weighted by Gasteiger charge is -2.12. The van der Waals surface area contributed by atoms with Crippen LogP contribution in [0.25, 0.3) is 97.4 Å². The average molecular weight is 669 g/mol. The minimum absolute atomic E-state index is 1.08. The third-order valence-electron chi connectivity index (χ3n) is 10.7. The van der Waals surface area contributed by atoms with E-state index in [0.717, 1.165) is 12.8 Å². The van der Waals surface area contributed by atoms with E-state index < -0.39 is 0 Å². The highest BCUT2D eigenvalue weighted by molar-refractivity contribution is 7.25. The van der Waals surface area contributed by atoms with Gasteiger partial charge < -0.3 is 9.13 Å². The van der Waals surface area contributed by atoms with Crippen LogP contribution >= 0.6 is 11.3 Å². The Kier molecular flexibility index (Phi) is 6.28. The molecule has 7 aromatic carbocycles. The Balaban J connectivity index is 1.01. The average Bonchev–Trinajstić information content (AvgIpc) is 3.85. The number of fused-ring (bicyclic) bond motifs is 9. The van der Waals surface area contributed by atoms with Gasteiger partial charge in [-0.05, 0) is 108 Å². The maximum Gasteiger partial charge on any atom is 0.0541 e. The quantitative estimate of drug-likeness (QED) is 0.177. The van der Waals surface area contributed by atoms with Crippen LogP contribution in [0.2, 0.25) is 0 Å². The molecule has 0 N–H and O–H groups in total. The van der Waals surface area contributed by atoms with Crippen LogP contribution in [0.4, 0.5) is 0 Å². The normalized spacial score (nSPS) is 13.4. The lowest BCUT2D eigenvalue weighted by molar-refractivity contribution is 1.02. The van der Waals surface area contributed by atoms with E-state index in [2.05, 4.69) is 179 Å². The molecule has 11 rings (SSSR count). The fourth-order valence-corrected chi connectivity index (χ4v) is 9.42. The molecule has 0 atom stereocenters. The van der Waals surface area contributed by atoms with Crippen LogP contribution in [-0.4, -0.2) is 9.13 Å². The van der Waals surface area contributed by atoms with Crippen molar-refractivity contribution in [2.75, 3.05) is 0 Å². The number of nitrogens with zero attached hydrogens (tertiary/aromatic N) is 2. The molecular formula is C48H32N2S. The van der Waals surface area contributed by atoms with Crippen LogP contribution in [0.1, 0.15) is 12.8 Å². The summed E-state index contributed by atoms with van der Waals surface area (Å²) >= 11 is 1.87. The van der Waals surface area contributed by atoms with Crippen molar-refractivity contribution in [2.45, 2.75) is 12.8 Å². The first-order chi connectivity index (χ1) is 25.3. The fraction of sp³-hybridized carbons (Fsp3) is 0.0417. The highest BCUT2D eigenvalue weighted by atomic mass is 32.1. The zero-order valence-electron chi connectivity index (χ0n) is 27.9. The summed E-state index contributed by atoms with van der Waals surface area (Å²) in [6.07, 6.45) is 9.11. The van der Waals surface area contributed by atoms with E-state index in [0.29, 0.717) is 0 Å². The van der Waals surface area contributed by atoms with Gasteiger partial charge in [-0.25, -0.2) is 0 Å². The smallest absolute Gasteiger partial charge is 0.0541 e. The molecule has 0 saturated carbocycles. The zero-order valence-corrected chi connectivity index (χ0v) is 28.7. The van der Waals surface area contributed by atoms with Gasteiger partial charge in [-0.3, -0.25) is 0 Å². The third kappa shape index (κ3) is 4.42. The molecule has 10 aromatic rings. The van der Waals surface area contributed by atoms with Crippen molar-refractivity contribution in [1.82, 2.24) is 9.13 Å². The molecule has 51 heavy (non-hydrogen) atoms. The van der Waals surface area contributed by atoms with Crippen molar-refractivity contribution in [2.24, 2.45) is 0 Å². The Hall–Kier alpha value is -6.16. The van der Waals surface area contributed by atoms with Crippen LogP contribution in [0.15, 0.2) is 170 Å². The van der Waals surface area contributed by atoms with Gasteiger partial charge in [0.2, 0.25) is 0 Å². The van der Waals surface area contributed by atoms with Crippen LogP contribution in [0.5, 0.6) is 0 Å². The second-order valence-corrected chi connectivity index (χ2v) is 14.7. The van der Waals surface area contributed by atoms with Gasteiger partial charge in [0, 0.05) is 53.1 Å². The Morgan fingerprint density at radius 3 is 1.63 bits per heavy atom. The number of aromatic nitrogens is 2. The minimum atomic E-state index is 1.08. The zero-order chi connectivity index (χ0) is 33.5. The van der Waals surface area contributed by atoms with Gasteiger partial charge in [0.25, 0.3) is 0 Å². The number of rotatable bonds is 4. The molecule has 3 heteroatoms. The van der Waals surface area contributed by atoms with Crippen LogP contribution in [-0.2, 0) is 0 Å². The largest absolute Gasteiger partial charge is 0.310 e. The first-order valence-electron chi connectivity index (χ1n) is 17.7. The molecule has 0 bridgehead atoms. The fourth-order valence-electron chi connectivity index (χ4n) is 8.34. The van der Waals surface area contributed by atoms with E-state index in [-0.39, 0.29) is 0 Å². The number of hydrogen-bond acceptors (Lipinski definition) is 1. The van der Waals surface area contributed by atoms with Crippen molar-refractivity contribution in [3.8, 4) is 27.9 Å². The third-order valence-corrected chi connectivity index (χ3v) is 11.9. The summed E-state index contributed by atoms with van der Waals surface area (Å²) in [5, 5.41) is 7.78. The topological polar surface area (TPSA) is 9.86 Å². The first kappa shape index (κ1) is 28.7. The minimum Gasteiger partial charge on any atom is -0.310 e. The van der Waals surface area contributed by atoms with Crippen LogP contribution < -0.4 is 0 Å². The summed E-state index contributed by atoms with van der Waals surface area (Å²) < 4.78 is 7.51. The van der Waals surface area contributed by atoms with Crippen molar-refractivity contribution in [3.05, 3.63) is 170 Å². The molecule has 240 valence electrons. The van der Waals surface area contributed by atoms with Gasteiger partial charge in [0.05, 0.1) is 22.1 Å². The summed E-state index contributed by atoms with van der Waals surface area (Å²) in [5.74, 6) is 0. The van der Waals surface area contributed by atoms with Gasteiger partial charge in [0.15, 0.2) is 0 Å². The molecule has 0 unspecified atom stereocenters. The van der Waals surface area contributed by atoms with Gasteiger partial charge in [0.1, 0.15) is 0 Å². The maximum atomic E-state index is 2.43. The van der Waals surface area contributed by atoms with E-state index in [1.807, 2.05) is 11.3 Å². The van der Waals surface area contributed by atoms with Gasteiger partial charge in [-0.1, -0.05) is 97.1 Å². The molecular weight excluding hydrogens is 637 g/mol. The standard InChI is InChI=1S/C48H32N2S/c1-2-10-35(11-3-1)49-43-15-7-4-12-37(43)40-28-33(20-25-45(40)49)34-21-26-46-41(29-34)38-13-5-8-16-44(38)50(46)36-23-18-31(19-24-36)32-22-27-48-42(30-32)39-14-6-9-17-47(39)51-48/h2,4-30H,1,3H2. The molecule has 3 aromatic heterocycles. The van der Waals surface area contributed by atoms with Crippen LogP contribution in [0, 0.1) is 0 Å². The van der Waals surface area contributed by atoms with Crippen molar-refractivity contribution >= 4 is 80.8 Å². The highest BCUT2D eigenvalue weighted by Crippen LogP contribution is 2.40. The van der Waals surface area contributed by atoms with E-state index >= 15 is 0 Å². The summed E-state index contributed by atoms with van der Waals surface area (Å²) in [5.41, 5.74) is 12.3. The summed E-state index contributed by atoms with van der Waals surface area (Å²) in [4.78, 5) is 0. The number of para-hydroxylation sites is 2. The molecule has 2 nitrogen and oxygen atoms in total. The molecule has 0 spiro atoms. The van der Waals surface area contributed by atoms with Gasteiger partial charge >= 0.3 is 0 Å². The molecule has 0 aliphatic heterocycles. The van der Waals surface area contributed by atoms with E-state index in [1.54, 1.807) is 0 Å². The number of allylic oxidation sites excluding steroid dienone is 4. The molecule has 0 amide bonds. The predicted molar refractivity (Wildman–Crippen MR) is 220 cm³/mol. The second kappa shape index (κ2) is 11.2. The van der Waals surface area contributed by atoms with E-state index in [9.17, 15) is 0 Å². The van der Waals surface area contributed by atoms with E-state index in [1.165, 1.54) is 97.4 Å². The lowest BCUT2D eigenvalue weighted by atomic mass is 10.0. The summed E-state index contributed by atoms with van der Waals surface area (Å²) in [7, 11) is 0. The van der Waals surface area contributed by atoms with Crippen LogP contribution in [0.3, 0.4) is 0 Å². The molecule has 1 aliphatic carbocycles. The predicted octanol–water partition coefficient (Wildman–Crippen LogP) is 13.8. The molecule has 3 heterocycles. The van der Waals surface area contributed by atoms with Gasteiger partial charge in [-0.15, -0.1) is 11.3 Å². The highest BCUT2D eigenvalue weighted by Gasteiger charge is 2.17. The Bertz CT molecular complexity index is 3070.